The lowest BCUT2D eigenvalue weighted by Crippen LogP contribution is -3.00. The predicted octanol–water partition coefficient (Wildman–Crippen LogP) is -1.69. The summed E-state index contributed by atoms with van der Waals surface area (Å²) in [7, 11) is 0.358. The number of nitrogens with two attached hydrogens (primary N) is 1. The molecule has 0 aliphatic rings. The molecule has 3 aromatic carbocycles. The fourth-order valence-corrected chi connectivity index (χ4v) is 10.2. The largest absolute Gasteiger partial charge is 1.00 e. The molecule has 0 aromatic heterocycles. The summed E-state index contributed by atoms with van der Waals surface area (Å²) in [6.45, 7) is -0.319. The van der Waals surface area contributed by atoms with Gasteiger partial charge in [-0.1, -0.05) is 54.6 Å². The summed E-state index contributed by atoms with van der Waals surface area (Å²) in [5.74, 6) is -1.88. The Morgan fingerprint density at radius 3 is 1.80 bits per heavy atom. The smallest absolute Gasteiger partial charge is 0.325 e. The molecule has 3 rings (SSSR count). The molecule has 0 heterocycles. The molecule has 9 nitrogen and oxygen atoms in total. The third kappa shape index (κ3) is 10.4. The van der Waals surface area contributed by atoms with Crippen molar-refractivity contribution >= 4 is 63.6 Å². The van der Waals surface area contributed by atoms with Crippen molar-refractivity contribution in [3.8, 4) is 0 Å². The van der Waals surface area contributed by atoms with Crippen LogP contribution in [0.5, 0.6) is 0 Å². The Morgan fingerprint density at radius 1 is 0.841 bits per heavy atom. The van der Waals surface area contributed by atoms with Crippen molar-refractivity contribution < 1.29 is 45.6 Å². The lowest BCUT2D eigenvalue weighted by molar-refractivity contribution is -0.142. The first-order chi connectivity index (χ1) is 20.8. The summed E-state index contributed by atoms with van der Waals surface area (Å²) in [6.07, 6.45) is 0.727. The summed E-state index contributed by atoms with van der Waals surface area (Å²) >= 11 is 0.823. The Kier molecular flexibility index (Phi) is 16.0. The molecular formula is C32H39BrN3O6PS. The molecule has 2 amide bonds. The third-order valence-corrected chi connectivity index (χ3v) is 12.4. The normalized spacial score (nSPS) is 12.5. The molecule has 3 aromatic rings. The van der Waals surface area contributed by atoms with E-state index in [0.717, 1.165) is 17.5 Å². The van der Waals surface area contributed by atoms with Gasteiger partial charge in [0, 0.05) is 12.2 Å². The van der Waals surface area contributed by atoms with Crippen LogP contribution in [-0.4, -0.2) is 73.9 Å². The highest BCUT2D eigenvalue weighted by atomic mass is 79.9. The number of benzene rings is 3. The van der Waals surface area contributed by atoms with Gasteiger partial charge in [0.1, 0.15) is 41.8 Å². The second-order valence-electron chi connectivity index (χ2n) is 9.63. The zero-order valence-electron chi connectivity index (χ0n) is 24.7. The van der Waals surface area contributed by atoms with Crippen molar-refractivity contribution in [3.63, 3.8) is 0 Å². The van der Waals surface area contributed by atoms with Gasteiger partial charge in [0.15, 0.2) is 0 Å². The van der Waals surface area contributed by atoms with Crippen LogP contribution in [0.25, 0.3) is 0 Å². The first kappa shape index (κ1) is 36.8. The van der Waals surface area contributed by atoms with E-state index in [0.29, 0.717) is 0 Å². The minimum Gasteiger partial charge on any atom is -1.00 e. The molecule has 0 bridgehead atoms. The van der Waals surface area contributed by atoms with Crippen molar-refractivity contribution in [2.75, 3.05) is 32.7 Å². The summed E-state index contributed by atoms with van der Waals surface area (Å²) in [5, 5.41) is 11.1. The van der Waals surface area contributed by atoms with Crippen LogP contribution in [0.4, 0.5) is 0 Å². The van der Waals surface area contributed by atoms with Gasteiger partial charge in [-0.2, -0.15) is 11.4 Å². The van der Waals surface area contributed by atoms with Crippen molar-refractivity contribution in [1.29, 1.82) is 0 Å². The Bertz CT molecular complexity index is 1290. The molecule has 236 valence electrons. The lowest BCUT2D eigenvalue weighted by atomic mass is 10.1. The number of thiol groups is 1. The summed E-state index contributed by atoms with van der Waals surface area (Å²) in [5.41, 5.74) is 5.76. The van der Waals surface area contributed by atoms with Gasteiger partial charge in [-0.3, -0.25) is 19.2 Å². The van der Waals surface area contributed by atoms with Crippen LogP contribution < -0.4 is 49.3 Å². The molecule has 44 heavy (non-hydrogen) atoms. The van der Waals surface area contributed by atoms with E-state index in [2.05, 4.69) is 98.3 Å². The summed E-state index contributed by atoms with van der Waals surface area (Å²) < 4.78 is 9.23. The van der Waals surface area contributed by atoms with Crippen LogP contribution >= 0.6 is 18.6 Å². The fourth-order valence-electron chi connectivity index (χ4n) is 4.54. The van der Waals surface area contributed by atoms with Crippen LogP contribution in [0.2, 0.25) is 0 Å². The maximum atomic E-state index is 13.0. The van der Waals surface area contributed by atoms with Crippen LogP contribution in [0.3, 0.4) is 0 Å². The van der Waals surface area contributed by atoms with Crippen molar-refractivity contribution in [2.24, 2.45) is 5.73 Å². The van der Waals surface area contributed by atoms with Crippen molar-refractivity contribution in [2.45, 2.75) is 24.9 Å². The van der Waals surface area contributed by atoms with E-state index in [1.807, 2.05) is 18.2 Å². The Balaban J connectivity index is 0.00000675. The standard InChI is InChI=1S/C32H38N3O6PS.BrH/c1-40-30(37)22-34-31(38)28(35-29(36)19-18-27(33)32(39)41-2)23-43-21-20-42(24-12-6-3-7-13-24,25-14-8-4-9-15-25)26-16-10-5-11-17-26;/h3-17,21,27-28,43H,18-20,22-23,33H2,1-2H3,(H-,34,35,36,38);1H. The molecule has 2 unspecified atom stereocenters. The van der Waals surface area contributed by atoms with Gasteiger partial charge in [-0.15, -0.1) is 0 Å². The zero-order valence-corrected chi connectivity index (χ0v) is 28.1. The third-order valence-electron chi connectivity index (χ3n) is 6.84. The number of carbonyl (C=O) groups excluding carboxylic acids is 4. The molecule has 12 heteroatoms. The van der Waals surface area contributed by atoms with E-state index in [9.17, 15) is 19.2 Å². The predicted molar refractivity (Wildman–Crippen MR) is 176 cm³/mol. The number of hydrogen-bond acceptors (Lipinski definition) is 7. The summed E-state index contributed by atoms with van der Waals surface area (Å²) in [6, 6.07) is 29.5. The number of amides is 2. The monoisotopic (exact) mass is 703 g/mol. The molecule has 0 spiro atoms. The number of methoxy groups -OCH3 is 2. The molecule has 4 N–H and O–H groups in total. The van der Waals surface area contributed by atoms with Crippen LogP contribution in [0.1, 0.15) is 12.8 Å². The lowest BCUT2D eigenvalue weighted by Gasteiger charge is -2.26. The van der Waals surface area contributed by atoms with Crippen molar-refractivity contribution in [1.82, 2.24) is 10.6 Å². The number of esters is 2. The molecule has 0 radical (unpaired) electrons. The van der Waals surface area contributed by atoms with Crippen LogP contribution in [0.15, 0.2) is 91.0 Å². The number of rotatable bonds is 15. The van der Waals surface area contributed by atoms with E-state index < -0.39 is 43.1 Å². The molecule has 0 aliphatic carbocycles. The highest BCUT2D eigenvalue weighted by Crippen LogP contribution is 2.54. The zero-order chi connectivity index (χ0) is 31.1. The Hall–Kier alpha value is -3.37. The topological polar surface area (TPSA) is 137 Å². The molecule has 0 saturated heterocycles. The highest BCUT2D eigenvalue weighted by Gasteiger charge is 2.44. The first-order valence-corrected chi connectivity index (χ1v) is 16.9. The van der Waals surface area contributed by atoms with Gasteiger partial charge in [0.2, 0.25) is 11.8 Å². The number of halogens is 1. The quantitative estimate of drug-likeness (QED) is 0.0642. The molecule has 0 saturated carbocycles. The summed E-state index contributed by atoms with van der Waals surface area (Å²) in [4.78, 5) is 48.9. The van der Waals surface area contributed by atoms with E-state index in [4.69, 9.17) is 5.73 Å². The van der Waals surface area contributed by atoms with E-state index >= 15 is 0 Å². The van der Waals surface area contributed by atoms with Gasteiger partial charge in [-0.25, -0.2) is 0 Å². The maximum Gasteiger partial charge on any atom is 0.325 e. The number of carbonyl (C=O) groups is 4. The average Bonchev–Trinajstić information content (AvgIpc) is 3.06. The SMILES string of the molecule is COC(=O)CNC(=O)C(C[SH]=CC[P+](c1ccccc1)(c1ccccc1)c1ccccc1)NC(=O)CCC(N)C(=O)OC.[Br-]. The van der Waals surface area contributed by atoms with E-state index in [1.165, 1.54) is 30.1 Å². The molecular weight excluding hydrogens is 665 g/mol. The molecule has 2 atom stereocenters. The first-order valence-electron chi connectivity index (χ1n) is 13.8. The van der Waals surface area contributed by atoms with Gasteiger partial charge >= 0.3 is 11.9 Å². The number of nitrogens with one attached hydrogen (secondary N) is 2. The Labute approximate surface area is 273 Å². The maximum absolute atomic E-state index is 13.0. The van der Waals surface area contributed by atoms with Gasteiger partial charge in [0.25, 0.3) is 0 Å². The van der Waals surface area contributed by atoms with Gasteiger partial charge < -0.3 is 42.8 Å². The van der Waals surface area contributed by atoms with Crippen LogP contribution in [-0.2, 0) is 28.7 Å². The molecule has 0 fully saturated rings. The van der Waals surface area contributed by atoms with Crippen molar-refractivity contribution in [3.05, 3.63) is 91.0 Å². The molecule has 0 aliphatic heterocycles. The second-order valence-corrected chi connectivity index (χ2v) is 14.3. The van der Waals surface area contributed by atoms with E-state index in [-0.39, 0.29) is 42.1 Å². The Morgan fingerprint density at radius 2 is 1.34 bits per heavy atom. The second kappa shape index (κ2) is 19.1. The van der Waals surface area contributed by atoms with E-state index in [1.54, 1.807) is 0 Å². The van der Waals surface area contributed by atoms with Crippen LogP contribution in [0, 0.1) is 0 Å². The fraction of sp³-hybridized carbons (Fsp3) is 0.281. The highest BCUT2D eigenvalue weighted by molar-refractivity contribution is 8.01. The minimum atomic E-state index is -2.10. The van der Waals surface area contributed by atoms with Gasteiger partial charge in [0.05, 0.1) is 20.4 Å². The van der Waals surface area contributed by atoms with Gasteiger partial charge in [-0.05, 0) is 48.2 Å². The number of hydrogen-bond donors (Lipinski definition) is 4. The number of ether oxygens (including phenoxy) is 2. The average molecular weight is 705 g/mol. The minimum absolute atomic E-state index is 0.